The van der Waals surface area contributed by atoms with Gasteiger partial charge in [-0.1, -0.05) is 53.7 Å². The number of carbonyl (C=O) groups excluding carboxylic acids is 2. The first kappa shape index (κ1) is 19.0. The maximum absolute atomic E-state index is 13.2. The lowest BCUT2D eigenvalue weighted by atomic mass is 10.1. The van der Waals surface area contributed by atoms with E-state index >= 15 is 0 Å². The normalized spacial score (nSPS) is 18.3. The summed E-state index contributed by atoms with van der Waals surface area (Å²) in [7, 11) is 0. The number of hydrogen-bond donors (Lipinski definition) is 1. The summed E-state index contributed by atoms with van der Waals surface area (Å²) < 4.78 is 0. The first-order chi connectivity index (χ1) is 12.9. The SMILES string of the molecule is Cc1cccc(N2C(=O)[C@H](Cc3ccccc3Cl)S/C2=C(/C#N)C(N)=O)c1. The molecule has 0 bridgehead atoms. The van der Waals surface area contributed by atoms with Gasteiger partial charge in [-0.05, 0) is 42.7 Å². The molecule has 1 aliphatic heterocycles. The predicted octanol–water partition coefficient (Wildman–Crippen LogP) is 3.56. The number of primary amides is 1. The van der Waals surface area contributed by atoms with Crippen LogP contribution in [0.1, 0.15) is 11.1 Å². The zero-order valence-electron chi connectivity index (χ0n) is 14.5. The summed E-state index contributed by atoms with van der Waals surface area (Å²) in [5.74, 6) is -1.07. The average Bonchev–Trinajstić information content (AvgIpc) is 2.93. The molecule has 0 radical (unpaired) electrons. The number of nitrogens with zero attached hydrogens (tertiary/aromatic N) is 2. The van der Waals surface area contributed by atoms with Gasteiger partial charge in [-0.15, -0.1) is 0 Å². The number of nitrogens with two attached hydrogens (primary N) is 1. The Morgan fingerprint density at radius 2 is 2.04 bits per heavy atom. The zero-order valence-corrected chi connectivity index (χ0v) is 16.1. The van der Waals surface area contributed by atoms with Gasteiger partial charge in [0.2, 0.25) is 5.91 Å². The Balaban J connectivity index is 2.06. The lowest BCUT2D eigenvalue weighted by molar-refractivity contribution is -0.117. The molecule has 1 fully saturated rings. The van der Waals surface area contributed by atoms with Crippen molar-refractivity contribution in [1.29, 1.82) is 5.26 Å². The van der Waals surface area contributed by atoms with Crippen molar-refractivity contribution in [2.75, 3.05) is 4.90 Å². The summed E-state index contributed by atoms with van der Waals surface area (Å²) in [5, 5.41) is 9.72. The molecule has 0 unspecified atom stereocenters. The van der Waals surface area contributed by atoms with Crippen molar-refractivity contribution in [2.24, 2.45) is 5.73 Å². The van der Waals surface area contributed by atoms with E-state index in [0.29, 0.717) is 17.1 Å². The molecule has 2 aromatic rings. The van der Waals surface area contributed by atoms with Crippen molar-refractivity contribution in [1.82, 2.24) is 0 Å². The minimum absolute atomic E-state index is 0.213. The van der Waals surface area contributed by atoms with E-state index in [1.54, 1.807) is 12.1 Å². The molecule has 2 N–H and O–H groups in total. The number of amides is 2. The number of thioether (sulfide) groups is 1. The highest BCUT2D eigenvalue weighted by molar-refractivity contribution is 8.05. The van der Waals surface area contributed by atoms with E-state index in [2.05, 4.69) is 0 Å². The van der Waals surface area contributed by atoms with Crippen molar-refractivity contribution in [2.45, 2.75) is 18.6 Å². The highest BCUT2D eigenvalue weighted by Crippen LogP contribution is 2.42. The van der Waals surface area contributed by atoms with Gasteiger partial charge in [0.1, 0.15) is 16.7 Å². The van der Waals surface area contributed by atoms with E-state index in [-0.39, 0.29) is 16.5 Å². The van der Waals surface area contributed by atoms with Crippen molar-refractivity contribution in [3.63, 3.8) is 0 Å². The number of aryl methyl sites for hydroxylation is 1. The third kappa shape index (κ3) is 3.85. The summed E-state index contributed by atoms with van der Waals surface area (Å²) in [6, 6.07) is 16.4. The molecule has 3 rings (SSSR count). The van der Waals surface area contributed by atoms with E-state index < -0.39 is 11.2 Å². The number of anilines is 1. The minimum Gasteiger partial charge on any atom is -0.365 e. The van der Waals surface area contributed by atoms with Gasteiger partial charge < -0.3 is 5.73 Å². The van der Waals surface area contributed by atoms with Crippen LogP contribution in [0.15, 0.2) is 59.1 Å². The first-order valence-corrected chi connectivity index (χ1v) is 9.43. The van der Waals surface area contributed by atoms with Crippen LogP contribution >= 0.6 is 23.4 Å². The molecule has 5 nitrogen and oxygen atoms in total. The van der Waals surface area contributed by atoms with Gasteiger partial charge in [-0.2, -0.15) is 5.26 Å². The standard InChI is InChI=1S/C20H16ClN3O2S/c1-12-5-4-7-14(9-12)24-19(26)17(10-13-6-2-3-8-16(13)21)27-20(24)15(11-22)18(23)25/h2-9,17H,10H2,1H3,(H2,23,25)/b20-15-/t17-/m0/s1. The molecule has 2 amide bonds. The number of benzene rings is 2. The molecule has 1 atom stereocenters. The number of carbonyl (C=O) groups is 2. The topological polar surface area (TPSA) is 87.2 Å². The highest BCUT2D eigenvalue weighted by atomic mass is 35.5. The molecule has 0 spiro atoms. The Labute approximate surface area is 166 Å². The van der Waals surface area contributed by atoms with Crippen LogP contribution in [-0.4, -0.2) is 17.1 Å². The summed E-state index contributed by atoms with van der Waals surface area (Å²) in [6.45, 7) is 1.90. The molecule has 0 aliphatic carbocycles. The van der Waals surface area contributed by atoms with E-state index in [4.69, 9.17) is 17.3 Å². The Kier molecular flexibility index (Phi) is 5.54. The molecule has 2 aromatic carbocycles. The predicted molar refractivity (Wildman–Crippen MR) is 107 cm³/mol. The fourth-order valence-electron chi connectivity index (χ4n) is 2.87. The molecule has 7 heteroatoms. The molecular formula is C20H16ClN3O2S. The van der Waals surface area contributed by atoms with Gasteiger partial charge in [0.15, 0.2) is 0 Å². The molecule has 1 saturated heterocycles. The zero-order chi connectivity index (χ0) is 19.6. The fourth-order valence-corrected chi connectivity index (χ4v) is 4.38. The maximum atomic E-state index is 13.2. The van der Waals surface area contributed by atoms with E-state index in [0.717, 1.165) is 11.1 Å². The summed E-state index contributed by atoms with van der Waals surface area (Å²) >= 11 is 7.39. The van der Waals surface area contributed by atoms with E-state index in [1.807, 2.05) is 49.4 Å². The largest absolute Gasteiger partial charge is 0.365 e. The fraction of sp³-hybridized carbons (Fsp3) is 0.150. The highest BCUT2D eigenvalue weighted by Gasteiger charge is 2.40. The molecule has 27 heavy (non-hydrogen) atoms. The smallest absolute Gasteiger partial charge is 0.262 e. The molecule has 1 heterocycles. The number of rotatable bonds is 4. The van der Waals surface area contributed by atoms with E-state index in [1.165, 1.54) is 16.7 Å². The second-order valence-electron chi connectivity index (χ2n) is 6.07. The quantitative estimate of drug-likeness (QED) is 0.631. The van der Waals surface area contributed by atoms with Gasteiger partial charge >= 0.3 is 0 Å². The van der Waals surface area contributed by atoms with Crippen LogP contribution in [0.3, 0.4) is 0 Å². The van der Waals surface area contributed by atoms with Crippen molar-refractivity contribution < 1.29 is 9.59 Å². The van der Waals surface area contributed by atoms with E-state index in [9.17, 15) is 14.9 Å². The second kappa shape index (κ2) is 7.87. The Morgan fingerprint density at radius 1 is 1.30 bits per heavy atom. The lowest BCUT2D eigenvalue weighted by Gasteiger charge is -2.18. The summed E-state index contributed by atoms with van der Waals surface area (Å²) in [6.07, 6.45) is 0.381. The third-order valence-corrected chi connectivity index (χ3v) is 5.78. The van der Waals surface area contributed by atoms with Crippen molar-refractivity contribution >= 4 is 40.9 Å². The van der Waals surface area contributed by atoms with Crippen LogP contribution in [0.4, 0.5) is 5.69 Å². The molecule has 136 valence electrons. The van der Waals surface area contributed by atoms with Crippen molar-refractivity contribution in [3.05, 3.63) is 75.3 Å². The monoisotopic (exact) mass is 397 g/mol. The van der Waals surface area contributed by atoms with Crippen LogP contribution in [0.5, 0.6) is 0 Å². The number of halogens is 1. The maximum Gasteiger partial charge on any atom is 0.262 e. The molecule has 0 aromatic heterocycles. The van der Waals surface area contributed by atoms with Gasteiger partial charge in [0.05, 0.1) is 5.25 Å². The van der Waals surface area contributed by atoms with Crippen LogP contribution in [0.2, 0.25) is 5.02 Å². The van der Waals surface area contributed by atoms with Crippen LogP contribution in [0, 0.1) is 18.3 Å². The van der Waals surface area contributed by atoms with Crippen LogP contribution < -0.4 is 10.6 Å². The number of hydrogen-bond acceptors (Lipinski definition) is 4. The van der Waals surface area contributed by atoms with Gasteiger partial charge in [-0.3, -0.25) is 14.5 Å². The molecule has 1 aliphatic rings. The van der Waals surface area contributed by atoms with Gasteiger partial charge in [0, 0.05) is 10.7 Å². The van der Waals surface area contributed by atoms with Gasteiger partial charge in [0.25, 0.3) is 5.91 Å². The molecular weight excluding hydrogens is 382 g/mol. The summed E-state index contributed by atoms with van der Waals surface area (Å²) in [4.78, 5) is 26.3. The minimum atomic E-state index is -0.858. The van der Waals surface area contributed by atoms with Gasteiger partial charge in [-0.25, -0.2) is 0 Å². The lowest BCUT2D eigenvalue weighted by Crippen LogP contribution is -2.31. The van der Waals surface area contributed by atoms with Crippen LogP contribution in [0.25, 0.3) is 0 Å². The Morgan fingerprint density at radius 3 is 2.67 bits per heavy atom. The second-order valence-corrected chi connectivity index (χ2v) is 7.67. The van der Waals surface area contributed by atoms with Crippen LogP contribution in [-0.2, 0) is 16.0 Å². The Bertz CT molecular complexity index is 997. The summed E-state index contributed by atoms with van der Waals surface area (Å²) in [5.41, 5.74) is 7.53. The average molecular weight is 398 g/mol. The van der Waals surface area contributed by atoms with Crippen molar-refractivity contribution in [3.8, 4) is 6.07 Å². The Hall–Kier alpha value is -2.75. The molecule has 0 saturated carbocycles. The third-order valence-electron chi connectivity index (χ3n) is 4.15. The number of nitriles is 1. The first-order valence-electron chi connectivity index (χ1n) is 8.17.